The summed E-state index contributed by atoms with van der Waals surface area (Å²) in [4.78, 5) is 24.3. The van der Waals surface area contributed by atoms with E-state index >= 15 is 0 Å². The fourth-order valence-electron chi connectivity index (χ4n) is 3.22. The number of amides is 2. The highest BCUT2D eigenvalue weighted by Crippen LogP contribution is 2.29. The van der Waals surface area contributed by atoms with Gasteiger partial charge in [-0.05, 0) is 42.2 Å². The highest BCUT2D eigenvalue weighted by Gasteiger charge is 2.33. The van der Waals surface area contributed by atoms with Crippen molar-refractivity contribution in [1.29, 1.82) is 0 Å². The van der Waals surface area contributed by atoms with Gasteiger partial charge in [-0.3, -0.25) is 9.59 Å². The second-order valence-electron chi connectivity index (χ2n) is 6.65. The molecule has 1 aliphatic rings. The molecule has 0 saturated heterocycles. The predicted octanol–water partition coefficient (Wildman–Crippen LogP) is 2.32. The van der Waals surface area contributed by atoms with Crippen molar-refractivity contribution in [3.05, 3.63) is 58.6 Å². The minimum atomic E-state index is -1.07. The van der Waals surface area contributed by atoms with E-state index in [0.29, 0.717) is 29.3 Å². The van der Waals surface area contributed by atoms with Gasteiger partial charge < -0.3 is 20.5 Å². The topological polar surface area (TPSA) is 87.7 Å². The molecule has 1 aliphatic carbocycles. The van der Waals surface area contributed by atoms with E-state index in [1.54, 1.807) is 12.1 Å². The van der Waals surface area contributed by atoms with Crippen LogP contribution >= 0.6 is 11.6 Å². The number of carbonyl (C=O) groups excluding carboxylic acids is 2. The second kappa shape index (κ2) is 7.98. The molecule has 3 rings (SSSR count). The monoisotopic (exact) mass is 388 g/mol. The molecule has 2 aromatic rings. The highest BCUT2D eigenvalue weighted by atomic mass is 35.5. The van der Waals surface area contributed by atoms with Gasteiger partial charge in [-0.2, -0.15) is 0 Å². The number of ether oxygens (including phenoxy) is 1. The van der Waals surface area contributed by atoms with Crippen LogP contribution in [0, 0.1) is 0 Å². The molecule has 2 amide bonds. The van der Waals surface area contributed by atoms with Crippen molar-refractivity contribution in [3.63, 3.8) is 0 Å². The number of fused-ring (bicyclic) bond motifs is 1. The minimum Gasteiger partial charge on any atom is -0.495 e. The molecule has 7 heteroatoms. The summed E-state index contributed by atoms with van der Waals surface area (Å²) in [7, 11) is 1.45. The van der Waals surface area contributed by atoms with Crippen molar-refractivity contribution in [2.45, 2.75) is 24.9 Å². The van der Waals surface area contributed by atoms with Crippen LogP contribution in [-0.2, 0) is 22.4 Å². The lowest BCUT2D eigenvalue weighted by molar-refractivity contribution is -0.136. The maximum Gasteiger partial charge on any atom is 0.313 e. The third kappa shape index (κ3) is 4.59. The van der Waals surface area contributed by atoms with E-state index in [2.05, 4.69) is 10.6 Å². The lowest BCUT2D eigenvalue weighted by Gasteiger charge is -2.33. The molecule has 0 bridgehead atoms. The number of rotatable bonds is 4. The van der Waals surface area contributed by atoms with E-state index in [-0.39, 0.29) is 6.54 Å². The van der Waals surface area contributed by atoms with Crippen molar-refractivity contribution in [2.75, 3.05) is 19.0 Å². The van der Waals surface area contributed by atoms with Crippen LogP contribution < -0.4 is 15.4 Å². The summed E-state index contributed by atoms with van der Waals surface area (Å²) >= 11 is 5.92. The molecule has 0 heterocycles. The van der Waals surface area contributed by atoms with Gasteiger partial charge in [0.2, 0.25) is 0 Å². The van der Waals surface area contributed by atoms with Crippen LogP contribution in [-0.4, -0.2) is 36.2 Å². The molecule has 6 nitrogen and oxygen atoms in total. The van der Waals surface area contributed by atoms with Gasteiger partial charge >= 0.3 is 11.8 Å². The van der Waals surface area contributed by atoms with Crippen LogP contribution in [0.1, 0.15) is 17.5 Å². The molecule has 0 spiro atoms. The van der Waals surface area contributed by atoms with Crippen molar-refractivity contribution in [3.8, 4) is 5.75 Å². The Balaban J connectivity index is 1.59. The normalized spacial score (nSPS) is 18.3. The van der Waals surface area contributed by atoms with Gasteiger partial charge in [-0.15, -0.1) is 0 Å². The highest BCUT2D eigenvalue weighted by molar-refractivity contribution is 6.40. The molecule has 3 N–H and O–H groups in total. The fourth-order valence-corrected chi connectivity index (χ4v) is 3.39. The summed E-state index contributed by atoms with van der Waals surface area (Å²) in [5.41, 5.74) is 1.50. The number of nitrogens with one attached hydrogen (secondary N) is 2. The van der Waals surface area contributed by atoms with Crippen LogP contribution in [0.25, 0.3) is 0 Å². The van der Waals surface area contributed by atoms with Crippen LogP contribution in [0.4, 0.5) is 5.69 Å². The van der Waals surface area contributed by atoms with Crippen LogP contribution in [0.2, 0.25) is 5.02 Å². The van der Waals surface area contributed by atoms with Crippen molar-refractivity contribution < 1.29 is 19.4 Å². The third-order valence-electron chi connectivity index (χ3n) is 4.69. The van der Waals surface area contributed by atoms with E-state index in [4.69, 9.17) is 16.3 Å². The van der Waals surface area contributed by atoms with Gasteiger partial charge in [0.15, 0.2) is 0 Å². The van der Waals surface area contributed by atoms with Crippen molar-refractivity contribution in [2.24, 2.45) is 0 Å². The number of aliphatic hydroxyl groups is 1. The first kappa shape index (κ1) is 19.2. The smallest absolute Gasteiger partial charge is 0.313 e. The molecule has 0 fully saturated rings. The summed E-state index contributed by atoms with van der Waals surface area (Å²) in [5.74, 6) is -1.29. The van der Waals surface area contributed by atoms with Gasteiger partial charge in [0, 0.05) is 18.0 Å². The average Bonchev–Trinajstić information content (AvgIpc) is 2.66. The number of anilines is 1. The summed E-state index contributed by atoms with van der Waals surface area (Å²) in [6.07, 6.45) is 1.69. The Hall–Kier alpha value is -2.57. The molecule has 2 aromatic carbocycles. The first-order valence-electron chi connectivity index (χ1n) is 8.62. The molecule has 1 unspecified atom stereocenters. The maximum atomic E-state index is 12.2. The number of halogens is 1. The minimum absolute atomic E-state index is 0.000266. The third-order valence-corrected chi connectivity index (χ3v) is 4.93. The van der Waals surface area contributed by atoms with E-state index in [0.717, 1.165) is 12.0 Å². The Bertz CT molecular complexity index is 871. The summed E-state index contributed by atoms with van der Waals surface area (Å²) < 4.78 is 5.14. The first-order chi connectivity index (χ1) is 12.9. The van der Waals surface area contributed by atoms with Crippen LogP contribution in [0.3, 0.4) is 0 Å². The van der Waals surface area contributed by atoms with Gasteiger partial charge in [-0.1, -0.05) is 35.9 Å². The van der Waals surface area contributed by atoms with Crippen molar-refractivity contribution in [1.82, 2.24) is 5.32 Å². The van der Waals surface area contributed by atoms with Crippen molar-refractivity contribution >= 4 is 29.1 Å². The van der Waals surface area contributed by atoms with Gasteiger partial charge in [0.05, 0.1) is 18.4 Å². The quantitative estimate of drug-likeness (QED) is 0.701. The Labute approximate surface area is 162 Å². The molecular weight excluding hydrogens is 368 g/mol. The first-order valence-corrected chi connectivity index (χ1v) is 9.00. The molecule has 142 valence electrons. The fraction of sp³-hybridized carbons (Fsp3) is 0.300. The SMILES string of the molecule is COc1ccc(Cl)cc1NC(=O)C(=O)NCC1(O)CCc2ccccc2C1. The molecule has 0 saturated carbocycles. The van der Waals surface area contributed by atoms with Gasteiger partial charge in [0.1, 0.15) is 5.75 Å². The largest absolute Gasteiger partial charge is 0.495 e. The van der Waals surface area contributed by atoms with E-state index in [1.165, 1.54) is 18.7 Å². The summed E-state index contributed by atoms with van der Waals surface area (Å²) in [5, 5.41) is 16.2. The molecule has 0 aliphatic heterocycles. The zero-order chi connectivity index (χ0) is 19.4. The number of hydrogen-bond donors (Lipinski definition) is 3. The Kier molecular flexibility index (Phi) is 5.68. The Morgan fingerprint density at radius 1 is 1.19 bits per heavy atom. The lowest BCUT2D eigenvalue weighted by atomic mass is 9.80. The lowest BCUT2D eigenvalue weighted by Crippen LogP contribution is -2.49. The Morgan fingerprint density at radius 3 is 2.67 bits per heavy atom. The second-order valence-corrected chi connectivity index (χ2v) is 7.09. The predicted molar refractivity (Wildman–Crippen MR) is 103 cm³/mol. The average molecular weight is 389 g/mol. The van der Waals surface area contributed by atoms with Gasteiger partial charge in [0.25, 0.3) is 0 Å². The van der Waals surface area contributed by atoms with E-state index in [1.807, 2.05) is 24.3 Å². The number of aryl methyl sites for hydroxylation is 1. The van der Waals surface area contributed by atoms with E-state index in [9.17, 15) is 14.7 Å². The Morgan fingerprint density at radius 2 is 1.93 bits per heavy atom. The molecule has 1 atom stereocenters. The zero-order valence-electron chi connectivity index (χ0n) is 14.9. The number of benzene rings is 2. The number of methoxy groups -OCH3 is 1. The summed E-state index contributed by atoms with van der Waals surface area (Å²) in [6.45, 7) is 0.000266. The maximum absolute atomic E-state index is 12.2. The molecule has 0 radical (unpaired) electrons. The van der Waals surface area contributed by atoms with Crippen LogP contribution in [0.5, 0.6) is 5.75 Å². The standard InChI is InChI=1S/C20H21ClN2O4/c1-27-17-7-6-15(21)10-16(17)23-19(25)18(24)22-12-20(26)9-8-13-4-2-3-5-14(13)11-20/h2-7,10,26H,8-9,11-12H2,1H3,(H,22,24)(H,23,25). The molecule has 0 aromatic heterocycles. The van der Waals surface area contributed by atoms with Crippen LogP contribution in [0.15, 0.2) is 42.5 Å². The zero-order valence-corrected chi connectivity index (χ0v) is 15.7. The molecular formula is C20H21ClN2O4. The van der Waals surface area contributed by atoms with E-state index < -0.39 is 17.4 Å². The van der Waals surface area contributed by atoms with Gasteiger partial charge in [-0.25, -0.2) is 0 Å². The summed E-state index contributed by atoms with van der Waals surface area (Å²) in [6, 6.07) is 12.6. The number of hydrogen-bond acceptors (Lipinski definition) is 4. The number of carbonyl (C=O) groups is 2. The molecule has 27 heavy (non-hydrogen) atoms.